The van der Waals surface area contributed by atoms with Crippen molar-refractivity contribution in [3.05, 3.63) is 23.3 Å². The van der Waals surface area contributed by atoms with Crippen LogP contribution in [0.5, 0.6) is 0 Å². The predicted molar refractivity (Wildman–Crippen MR) is 87.5 cm³/mol. The molecular formula is C16H21N3OS. The summed E-state index contributed by atoms with van der Waals surface area (Å²) in [6, 6.07) is 2.16. The van der Waals surface area contributed by atoms with Gasteiger partial charge in [-0.3, -0.25) is 9.78 Å². The van der Waals surface area contributed by atoms with Crippen LogP contribution in [0.1, 0.15) is 48.7 Å². The summed E-state index contributed by atoms with van der Waals surface area (Å²) in [5.41, 5.74) is 6.69. The third kappa shape index (κ3) is 2.88. The van der Waals surface area contributed by atoms with Gasteiger partial charge in [-0.15, -0.1) is 11.3 Å². The van der Waals surface area contributed by atoms with Crippen molar-refractivity contribution in [1.29, 1.82) is 0 Å². The molecule has 1 aliphatic rings. The summed E-state index contributed by atoms with van der Waals surface area (Å²) in [5.74, 6) is 0.798. The number of pyridine rings is 1. The maximum atomic E-state index is 12.5. The fourth-order valence-corrected chi connectivity index (χ4v) is 4.10. The Morgan fingerprint density at radius 2 is 2.19 bits per heavy atom. The van der Waals surface area contributed by atoms with Crippen molar-refractivity contribution >= 4 is 33.0 Å². The van der Waals surface area contributed by atoms with Crippen molar-refractivity contribution in [3.8, 4) is 0 Å². The molecule has 4 nitrogen and oxygen atoms in total. The number of amides is 1. The van der Waals surface area contributed by atoms with Gasteiger partial charge < -0.3 is 11.1 Å². The SMILES string of the molecule is CCC1CCC(NC(=O)c2sc3cnccc3c2N)CC1. The highest BCUT2D eigenvalue weighted by Gasteiger charge is 2.23. The van der Waals surface area contributed by atoms with E-state index in [4.69, 9.17) is 5.73 Å². The number of nitrogen functional groups attached to an aromatic ring is 1. The second-order valence-corrected chi connectivity index (χ2v) is 6.87. The number of nitrogens with one attached hydrogen (secondary N) is 1. The molecule has 2 aromatic heterocycles. The van der Waals surface area contributed by atoms with Crippen LogP contribution in [-0.4, -0.2) is 16.9 Å². The lowest BCUT2D eigenvalue weighted by atomic mass is 9.84. The summed E-state index contributed by atoms with van der Waals surface area (Å²) in [6.07, 6.45) is 9.31. The Morgan fingerprint density at radius 3 is 2.86 bits per heavy atom. The normalized spacial score (nSPS) is 22.3. The maximum Gasteiger partial charge on any atom is 0.263 e. The van der Waals surface area contributed by atoms with E-state index in [9.17, 15) is 4.79 Å². The first-order valence-electron chi connectivity index (χ1n) is 7.62. The first-order chi connectivity index (χ1) is 10.2. The van der Waals surface area contributed by atoms with Crippen LogP contribution >= 0.6 is 11.3 Å². The zero-order valence-electron chi connectivity index (χ0n) is 12.3. The highest BCUT2D eigenvalue weighted by Crippen LogP contribution is 2.33. The van der Waals surface area contributed by atoms with Crippen LogP contribution in [-0.2, 0) is 0 Å². The number of hydrogen-bond acceptors (Lipinski definition) is 4. The van der Waals surface area contributed by atoms with Gasteiger partial charge in [0, 0.05) is 23.8 Å². The molecule has 2 aromatic rings. The summed E-state index contributed by atoms with van der Waals surface area (Å²) in [5, 5.41) is 4.08. The quantitative estimate of drug-likeness (QED) is 0.910. The molecule has 1 aliphatic carbocycles. The molecule has 0 aromatic carbocycles. The van der Waals surface area contributed by atoms with Gasteiger partial charge in [0.15, 0.2) is 0 Å². The molecule has 0 saturated heterocycles. The van der Waals surface area contributed by atoms with Crippen molar-refractivity contribution in [3.63, 3.8) is 0 Å². The molecule has 1 fully saturated rings. The number of hydrogen-bond donors (Lipinski definition) is 2. The van der Waals surface area contributed by atoms with Crippen molar-refractivity contribution in [2.75, 3.05) is 5.73 Å². The number of anilines is 1. The average molecular weight is 303 g/mol. The maximum absolute atomic E-state index is 12.5. The molecule has 3 N–H and O–H groups in total. The molecule has 112 valence electrons. The first kappa shape index (κ1) is 14.3. The van der Waals surface area contributed by atoms with Crippen molar-refractivity contribution < 1.29 is 4.79 Å². The monoisotopic (exact) mass is 303 g/mol. The topological polar surface area (TPSA) is 68.0 Å². The number of nitrogens with two attached hydrogens (primary N) is 1. The van der Waals surface area contributed by atoms with Crippen LogP contribution in [0.3, 0.4) is 0 Å². The van der Waals surface area contributed by atoms with Crippen molar-refractivity contribution in [1.82, 2.24) is 10.3 Å². The number of carbonyl (C=O) groups is 1. The molecule has 3 rings (SSSR count). The standard InChI is InChI=1S/C16H21N3OS/c1-2-10-3-5-11(6-4-10)19-16(20)15-14(17)12-7-8-18-9-13(12)21-15/h7-11H,2-6,17H2,1H3,(H,19,20). The van der Waals surface area contributed by atoms with E-state index in [1.807, 2.05) is 6.07 Å². The average Bonchev–Trinajstić information content (AvgIpc) is 2.86. The minimum absolute atomic E-state index is 0.0337. The molecule has 5 heteroatoms. The Balaban J connectivity index is 1.71. The van der Waals surface area contributed by atoms with Gasteiger partial charge in [-0.1, -0.05) is 13.3 Å². The number of thiophene rings is 1. The van der Waals surface area contributed by atoms with Crippen LogP contribution in [0.2, 0.25) is 0 Å². The van der Waals surface area contributed by atoms with E-state index in [1.165, 1.54) is 30.6 Å². The van der Waals surface area contributed by atoms with E-state index in [1.54, 1.807) is 12.4 Å². The van der Waals surface area contributed by atoms with Gasteiger partial charge in [0.05, 0.1) is 10.4 Å². The van der Waals surface area contributed by atoms with Gasteiger partial charge in [0.1, 0.15) is 4.88 Å². The number of rotatable bonds is 3. The molecular weight excluding hydrogens is 282 g/mol. The van der Waals surface area contributed by atoms with Crippen LogP contribution in [0.25, 0.3) is 10.1 Å². The zero-order valence-corrected chi connectivity index (χ0v) is 13.1. The van der Waals surface area contributed by atoms with E-state index >= 15 is 0 Å². The molecule has 1 amide bonds. The Kier molecular flexibility index (Phi) is 4.10. The summed E-state index contributed by atoms with van der Waals surface area (Å²) < 4.78 is 0.967. The molecule has 0 unspecified atom stereocenters. The highest BCUT2D eigenvalue weighted by atomic mass is 32.1. The van der Waals surface area contributed by atoms with E-state index in [0.717, 1.165) is 28.8 Å². The summed E-state index contributed by atoms with van der Waals surface area (Å²) in [7, 11) is 0. The largest absolute Gasteiger partial charge is 0.397 e. The molecule has 0 bridgehead atoms. The van der Waals surface area contributed by atoms with Gasteiger partial charge >= 0.3 is 0 Å². The third-order valence-corrected chi connectivity index (χ3v) is 5.65. The number of carbonyl (C=O) groups excluding carboxylic acids is 1. The molecule has 0 aliphatic heterocycles. The van der Waals surface area contributed by atoms with Gasteiger partial charge in [0.25, 0.3) is 5.91 Å². The Labute approximate surface area is 128 Å². The fourth-order valence-electron chi connectivity index (χ4n) is 3.11. The second-order valence-electron chi connectivity index (χ2n) is 5.82. The van der Waals surface area contributed by atoms with Crippen molar-refractivity contribution in [2.24, 2.45) is 5.92 Å². The zero-order chi connectivity index (χ0) is 14.8. The van der Waals surface area contributed by atoms with Crippen LogP contribution in [0.15, 0.2) is 18.5 Å². The smallest absolute Gasteiger partial charge is 0.263 e. The Bertz CT molecular complexity index is 644. The molecule has 1 saturated carbocycles. The van der Waals surface area contributed by atoms with E-state index < -0.39 is 0 Å². The molecule has 0 atom stereocenters. The molecule has 0 radical (unpaired) electrons. The lowest BCUT2D eigenvalue weighted by Gasteiger charge is -2.28. The first-order valence-corrected chi connectivity index (χ1v) is 8.43. The lowest BCUT2D eigenvalue weighted by Crippen LogP contribution is -2.37. The minimum Gasteiger partial charge on any atom is -0.397 e. The van der Waals surface area contributed by atoms with Gasteiger partial charge in [-0.2, -0.15) is 0 Å². The summed E-state index contributed by atoms with van der Waals surface area (Å²) in [4.78, 5) is 17.2. The van der Waals surface area contributed by atoms with Crippen LogP contribution < -0.4 is 11.1 Å². The molecule has 2 heterocycles. The van der Waals surface area contributed by atoms with Crippen LogP contribution in [0.4, 0.5) is 5.69 Å². The Hall–Kier alpha value is -1.62. The Morgan fingerprint density at radius 1 is 1.43 bits per heavy atom. The third-order valence-electron chi connectivity index (χ3n) is 4.50. The van der Waals surface area contributed by atoms with E-state index in [2.05, 4.69) is 17.2 Å². The number of nitrogens with zero attached hydrogens (tertiary/aromatic N) is 1. The number of fused-ring (bicyclic) bond motifs is 1. The van der Waals surface area contributed by atoms with Gasteiger partial charge in [0.2, 0.25) is 0 Å². The summed E-state index contributed by atoms with van der Waals surface area (Å²) >= 11 is 1.43. The van der Waals surface area contributed by atoms with Crippen molar-refractivity contribution in [2.45, 2.75) is 45.1 Å². The van der Waals surface area contributed by atoms with E-state index in [-0.39, 0.29) is 5.91 Å². The highest BCUT2D eigenvalue weighted by molar-refractivity contribution is 7.21. The van der Waals surface area contributed by atoms with Gasteiger partial charge in [-0.25, -0.2) is 0 Å². The number of aromatic nitrogens is 1. The fraction of sp³-hybridized carbons (Fsp3) is 0.500. The van der Waals surface area contributed by atoms with Gasteiger partial charge in [-0.05, 0) is 37.7 Å². The molecule has 0 spiro atoms. The van der Waals surface area contributed by atoms with E-state index in [0.29, 0.717) is 16.6 Å². The predicted octanol–water partition coefficient (Wildman–Crippen LogP) is 3.58. The lowest BCUT2D eigenvalue weighted by molar-refractivity contribution is 0.0926. The van der Waals surface area contributed by atoms with Crippen LogP contribution in [0, 0.1) is 5.92 Å². The minimum atomic E-state index is -0.0337. The summed E-state index contributed by atoms with van der Waals surface area (Å²) in [6.45, 7) is 2.25. The second kappa shape index (κ2) is 6.02. The molecule has 21 heavy (non-hydrogen) atoms.